The zero-order valence-corrected chi connectivity index (χ0v) is 13.1. The molecule has 116 valence electrons. The summed E-state index contributed by atoms with van der Waals surface area (Å²) in [6.07, 6.45) is 2.37. The number of ether oxygens (including phenoxy) is 1. The fraction of sp³-hybridized carbons (Fsp3) is 0.333. The van der Waals surface area contributed by atoms with E-state index in [2.05, 4.69) is 20.0 Å². The Morgan fingerprint density at radius 3 is 2.91 bits per heavy atom. The zero-order valence-electron chi connectivity index (χ0n) is 12.2. The maximum Gasteiger partial charge on any atom is 0.305 e. The molecule has 0 aliphatic rings. The van der Waals surface area contributed by atoms with E-state index in [1.807, 2.05) is 24.3 Å². The summed E-state index contributed by atoms with van der Waals surface area (Å²) in [4.78, 5) is 31.1. The van der Waals surface area contributed by atoms with Crippen molar-refractivity contribution in [1.82, 2.24) is 15.3 Å². The van der Waals surface area contributed by atoms with Crippen molar-refractivity contribution in [3.05, 3.63) is 30.6 Å². The van der Waals surface area contributed by atoms with E-state index in [9.17, 15) is 9.59 Å². The largest absolute Gasteiger partial charge is 0.469 e. The molecule has 0 aliphatic carbocycles. The summed E-state index contributed by atoms with van der Waals surface area (Å²) in [5.74, 6) is -0.0761. The molecule has 0 radical (unpaired) electrons. The number of thioether (sulfide) groups is 1. The second kappa shape index (κ2) is 8.33. The maximum atomic E-state index is 11.8. The number of hydrogen-bond donors (Lipinski definition) is 1. The van der Waals surface area contributed by atoms with Crippen molar-refractivity contribution in [2.24, 2.45) is 0 Å². The number of benzene rings is 1. The number of carbonyl (C=O) groups is 2. The third-order valence-electron chi connectivity index (χ3n) is 2.95. The lowest BCUT2D eigenvalue weighted by Crippen LogP contribution is -2.26. The maximum absolute atomic E-state index is 11.8. The third kappa shape index (κ3) is 4.70. The van der Waals surface area contributed by atoms with Gasteiger partial charge in [0, 0.05) is 18.4 Å². The van der Waals surface area contributed by atoms with Gasteiger partial charge < -0.3 is 10.1 Å². The Kier molecular flexibility index (Phi) is 6.14. The Morgan fingerprint density at radius 1 is 1.27 bits per heavy atom. The van der Waals surface area contributed by atoms with Gasteiger partial charge in [-0.1, -0.05) is 30.0 Å². The highest BCUT2D eigenvalue weighted by Crippen LogP contribution is 2.23. The van der Waals surface area contributed by atoms with E-state index in [1.165, 1.54) is 25.2 Å². The number of nitrogens with one attached hydrogen (secondary N) is 1. The summed E-state index contributed by atoms with van der Waals surface area (Å²) >= 11 is 1.37. The highest BCUT2D eigenvalue weighted by molar-refractivity contribution is 8.00. The van der Waals surface area contributed by atoms with Gasteiger partial charge in [-0.25, -0.2) is 9.97 Å². The van der Waals surface area contributed by atoms with Crippen LogP contribution >= 0.6 is 11.8 Å². The van der Waals surface area contributed by atoms with Crippen LogP contribution in [0.4, 0.5) is 0 Å². The fourth-order valence-electron chi connectivity index (χ4n) is 1.84. The van der Waals surface area contributed by atoms with E-state index in [-0.39, 0.29) is 17.6 Å². The highest BCUT2D eigenvalue weighted by Gasteiger charge is 2.07. The van der Waals surface area contributed by atoms with Gasteiger partial charge in [-0.3, -0.25) is 9.59 Å². The van der Waals surface area contributed by atoms with E-state index in [0.29, 0.717) is 19.4 Å². The molecule has 0 bridgehead atoms. The number of hydrogen-bond acceptors (Lipinski definition) is 6. The average Bonchev–Trinajstić information content (AvgIpc) is 2.56. The number of fused-ring (bicyclic) bond motifs is 1. The van der Waals surface area contributed by atoms with Crippen LogP contribution in [0.5, 0.6) is 0 Å². The van der Waals surface area contributed by atoms with Gasteiger partial charge in [-0.05, 0) is 12.5 Å². The van der Waals surface area contributed by atoms with Crippen LogP contribution in [0.15, 0.2) is 35.6 Å². The lowest BCUT2D eigenvalue weighted by molar-refractivity contribution is -0.140. The number of esters is 1. The van der Waals surface area contributed by atoms with Crippen molar-refractivity contribution in [2.75, 3.05) is 19.4 Å². The van der Waals surface area contributed by atoms with Gasteiger partial charge in [0.15, 0.2) is 0 Å². The number of carbonyl (C=O) groups excluding carboxylic acids is 2. The quantitative estimate of drug-likeness (QED) is 0.363. The topological polar surface area (TPSA) is 81.2 Å². The molecule has 0 atom stereocenters. The fourth-order valence-corrected chi connectivity index (χ4v) is 2.66. The minimum atomic E-state index is -0.268. The first-order valence-electron chi connectivity index (χ1n) is 6.87. The molecule has 1 aromatic carbocycles. The number of nitrogens with zero attached hydrogens (tertiary/aromatic N) is 2. The van der Waals surface area contributed by atoms with E-state index < -0.39 is 0 Å². The summed E-state index contributed by atoms with van der Waals surface area (Å²) in [5.41, 5.74) is 0.860. The van der Waals surface area contributed by atoms with Gasteiger partial charge in [0.25, 0.3) is 0 Å². The predicted molar refractivity (Wildman–Crippen MR) is 84.5 cm³/mol. The average molecular weight is 319 g/mol. The number of methoxy groups -OCH3 is 1. The molecule has 1 aromatic heterocycles. The molecule has 0 saturated carbocycles. The molecule has 0 fully saturated rings. The Bertz CT molecular complexity index is 658. The van der Waals surface area contributed by atoms with Crippen LogP contribution in [0.1, 0.15) is 12.8 Å². The van der Waals surface area contributed by atoms with E-state index in [4.69, 9.17) is 0 Å². The van der Waals surface area contributed by atoms with Crippen molar-refractivity contribution in [2.45, 2.75) is 17.9 Å². The van der Waals surface area contributed by atoms with E-state index in [0.717, 1.165) is 15.9 Å². The first-order chi connectivity index (χ1) is 10.7. The molecule has 6 nitrogen and oxygen atoms in total. The third-order valence-corrected chi connectivity index (χ3v) is 3.96. The SMILES string of the molecule is COC(=O)CCCNC(=O)CSc1ncnc2ccccc12. The van der Waals surface area contributed by atoms with Crippen LogP contribution in [-0.2, 0) is 14.3 Å². The molecular formula is C15H17N3O3S. The second-order valence-electron chi connectivity index (χ2n) is 4.51. The normalized spacial score (nSPS) is 10.4. The minimum absolute atomic E-state index is 0.0856. The van der Waals surface area contributed by atoms with Crippen LogP contribution in [0.3, 0.4) is 0 Å². The van der Waals surface area contributed by atoms with Gasteiger partial charge >= 0.3 is 5.97 Å². The van der Waals surface area contributed by atoms with Crippen molar-refractivity contribution < 1.29 is 14.3 Å². The van der Waals surface area contributed by atoms with Gasteiger partial charge in [0.2, 0.25) is 5.91 Å². The van der Waals surface area contributed by atoms with E-state index in [1.54, 1.807) is 0 Å². The Balaban J connectivity index is 1.79. The Morgan fingerprint density at radius 2 is 2.09 bits per heavy atom. The number of amides is 1. The molecule has 1 amide bonds. The molecule has 0 unspecified atom stereocenters. The number of rotatable bonds is 7. The summed E-state index contributed by atoms with van der Waals surface area (Å²) in [6.45, 7) is 0.457. The highest BCUT2D eigenvalue weighted by atomic mass is 32.2. The molecule has 0 saturated heterocycles. The summed E-state index contributed by atoms with van der Waals surface area (Å²) in [7, 11) is 1.35. The van der Waals surface area contributed by atoms with Crippen LogP contribution < -0.4 is 5.32 Å². The van der Waals surface area contributed by atoms with Crippen molar-refractivity contribution >= 4 is 34.5 Å². The number of aromatic nitrogens is 2. The minimum Gasteiger partial charge on any atom is -0.469 e. The molecular weight excluding hydrogens is 302 g/mol. The molecule has 7 heteroatoms. The van der Waals surface area contributed by atoms with Crippen LogP contribution in [-0.4, -0.2) is 41.3 Å². The predicted octanol–water partition coefficient (Wildman–Crippen LogP) is 1.79. The van der Waals surface area contributed by atoms with Crippen molar-refractivity contribution in [3.63, 3.8) is 0 Å². The van der Waals surface area contributed by atoms with Crippen LogP contribution in [0.25, 0.3) is 10.9 Å². The summed E-state index contributed by atoms with van der Waals surface area (Å²) in [5, 5.41) is 4.50. The zero-order chi connectivity index (χ0) is 15.8. The molecule has 2 rings (SSSR count). The molecule has 2 aromatic rings. The van der Waals surface area contributed by atoms with Crippen molar-refractivity contribution in [3.8, 4) is 0 Å². The molecule has 0 aliphatic heterocycles. The summed E-state index contributed by atoms with van der Waals surface area (Å²) in [6, 6.07) is 7.68. The van der Waals surface area contributed by atoms with Gasteiger partial charge in [0.1, 0.15) is 11.4 Å². The van der Waals surface area contributed by atoms with Gasteiger partial charge in [-0.2, -0.15) is 0 Å². The molecule has 22 heavy (non-hydrogen) atoms. The van der Waals surface area contributed by atoms with E-state index >= 15 is 0 Å². The molecule has 1 N–H and O–H groups in total. The summed E-state index contributed by atoms with van der Waals surface area (Å²) < 4.78 is 4.53. The lowest BCUT2D eigenvalue weighted by atomic mass is 10.2. The van der Waals surface area contributed by atoms with Crippen molar-refractivity contribution in [1.29, 1.82) is 0 Å². The second-order valence-corrected chi connectivity index (χ2v) is 5.48. The Labute approximate surface area is 132 Å². The van der Waals surface area contributed by atoms with Crippen LogP contribution in [0.2, 0.25) is 0 Å². The van der Waals surface area contributed by atoms with Gasteiger partial charge in [0.05, 0.1) is 18.4 Å². The molecule has 1 heterocycles. The molecule has 0 spiro atoms. The number of para-hydroxylation sites is 1. The smallest absolute Gasteiger partial charge is 0.305 e. The standard InChI is InChI=1S/C15H17N3O3S/c1-21-14(20)7-4-8-16-13(19)9-22-15-11-5-2-3-6-12(11)17-10-18-15/h2-3,5-6,10H,4,7-9H2,1H3,(H,16,19). The monoisotopic (exact) mass is 319 g/mol. The lowest BCUT2D eigenvalue weighted by Gasteiger charge is -2.06. The van der Waals surface area contributed by atoms with Gasteiger partial charge in [-0.15, -0.1) is 0 Å². The Hall–Kier alpha value is -2.15. The first-order valence-corrected chi connectivity index (χ1v) is 7.85. The van der Waals surface area contributed by atoms with Crippen LogP contribution in [0, 0.1) is 0 Å². The first kappa shape index (κ1) is 16.2.